The van der Waals surface area contributed by atoms with Crippen molar-refractivity contribution in [3.05, 3.63) is 56.5 Å². The van der Waals surface area contributed by atoms with Crippen LogP contribution in [0.2, 0.25) is 0 Å². The first-order chi connectivity index (χ1) is 8.97. The predicted molar refractivity (Wildman–Crippen MR) is 79.7 cm³/mol. The topological polar surface area (TPSA) is 81.2 Å². The lowest BCUT2D eigenvalue weighted by molar-refractivity contribution is -0.384. The van der Waals surface area contributed by atoms with Gasteiger partial charge in [-0.15, -0.1) is 0 Å². The molecule has 98 valence electrons. The van der Waals surface area contributed by atoms with E-state index in [1.165, 1.54) is 12.1 Å². The molecule has 0 radical (unpaired) electrons. The van der Waals surface area contributed by atoms with Gasteiger partial charge in [-0.05, 0) is 30.7 Å². The van der Waals surface area contributed by atoms with Gasteiger partial charge in [-0.1, -0.05) is 22.0 Å². The molecular weight excluding hydrogens is 310 g/mol. The number of nitrogens with two attached hydrogens (primary N) is 1. The fourth-order valence-corrected chi connectivity index (χ4v) is 2.08. The number of hydrogen-bond acceptors (Lipinski definition) is 4. The molecule has 2 rings (SSSR count). The molecule has 19 heavy (non-hydrogen) atoms. The van der Waals surface area contributed by atoms with Crippen molar-refractivity contribution in [2.24, 2.45) is 0 Å². The quantitative estimate of drug-likeness (QED) is 0.508. The molecular formula is C13H12BrN3O2. The number of nitrogens with zero attached hydrogens (tertiary/aromatic N) is 1. The number of nitro groups is 1. The summed E-state index contributed by atoms with van der Waals surface area (Å²) in [6.07, 6.45) is 0. The van der Waals surface area contributed by atoms with E-state index < -0.39 is 4.92 Å². The van der Waals surface area contributed by atoms with Crippen LogP contribution in [-0.2, 0) is 0 Å². The van der Waals surface area contributed by atoms with Gasteiger partial charge in [0, 0.05) is 33.7 Å². The molecule has 0 unspecified atom stereocenters. The number of rotatable bonds is 3. The van der Waals surface area contributed by atoms with E-state index in [9.17, 15) is 10.1 Å². The zero-order chi connectivity index (χ0) is 14.0. The molecule has 0 aliphatic rings. The van der Waals surface area contributed by atoms with Crippen LogP contribution in [0.5, 0.6) is 0 Å². The van der Waals surface area contributed by atoms with Crippen molar-refractivity contribution in [2.45, 2.75) is 6.92 Å². The Labute approximate surface area is 118 Å². The Balaban J connectivity index is 2.38. The van der Waals surface area contributed by atoms with Gasteiger partial charge in [-0.2, -0.15) is 0 Å². The summed E-state index contributed by atoms with van der Waals surface area (Å²) in [4.78, 5) is 10.3. The molecule has 0 spiro atoms. The second-order valence-electron chi connectivity index (χ2n) is 4.11. The fraction of sp³-hybridized carbons (Fsp3) is 0.0769. The molecule has 0 bridgehead atoms. The Morgan fingerprint density at radius 2 is 2.05 bits per heavy atom. The first kappa shape index (κ1) is 13.4. The lowest BCUT2D eigenvalue weighted by Crippen LogP contribution is -1.97. The van der Waals surface area contributed by atoms with Gasteiger partial charge in [-0.3, -0.25) is 10.1 Å². The third-order valence-electron chi connectivity index (χ3n) is 2.70. The van der Waals surface area contributed by atoms with Crippen LogP contribution in [0.1, 0.15) is 5.56 Å². The minimum atomic E-state index is -0.463. The van der Waals surface area contributed by atoms with Crippen LogP contribution in [0, 0.1) is 17.0 Å². The maximum absolute atomic E-state index is 10.8. The molecule has 0 aliphatic carbocycles. The monoisotopic (exact) mass is 321 g/mol. The first-order valence-electron chi connectivity index (χ1n) is 5.54. The van der Waals surface area contributed by atoms with E-state index in [-0.39, 0.29) is 5.69 Å². The van der Waals surface area contributed by atoms with Gasteiger partial charge in [0.1, 0.15) is 0 Å². The molecule has 0 atom stereocenters. The maximum atomic E-state index is 10.8. The van der Waals surface area contributed by atoms with Crippen molar-refractivity contribution in [1.29, 1.82) is 0 Å². The highest BCUT2D eigenvalue weighted by atomic mass is 79.9. The predicted octanol–water partition coefficient (Wildman–Crippen LogP) is 3.99. The lowest BCUT2D eigenvalue weighted by Gasteiger charge is -2.11. The maximum Gasteiger partial charge on any atom is 0.273 e. The molecule has 0 saturated heterocycles. The zero-order valence-corrected chi connectivity index (χ0v) is 11.8. The number of nitrogen functional groups attached to an aromatic ring is 1. The number of non-ortho nitro benzene ring substituents is 1. The molecule has 0 saturated carbocycles. The average molecular weight is 322 g/mol. The van der Waals surface area contributed by atoms with Crippen LogP contribution in [-0.4, -0.2) is 4.92 Å². The Kier molecular flexibility index (Phi) is 3.71. The molecule has 2 aromatic carbocycles. The van der Waals surface area contributed by atoms with E-state index in [1.54, 1.807) is 6.07 Å². The first-order valence-corrected chi connectivity index (χ1v) is 6.34. The summed E-state index contributed by atoms with van der Waals surface area (Å²) in [5.41, 5.74) is 8.47. The molecule has 0 aliphatic heterocycles. The van der Waals surface area contributed by atoms with Crippen LogP contribution >= 0.6 is 15.9 Å². The van der Waals surface area contributed by atoms with Crippen LogP contribution in [0.15, 0.2) is 40.9 Å². The fourth-order valence-electron chi connectivity index (χ4n) is 1.71. The van der Waals surface area contributed by atoms with Gasteiger partial charge in [-0.25, -0.2) is 0 Å². The van der Waals surface area contributed by atoms with Crippen molar-refractivity contribution < 1.29 is 4.92 Å². The molecule has 0 amide bonds. The van der Waals surface area contributed by atoms with E-state index in [0.29, 0.717) is 11.4 Å². The van der Waals surface area contributed by atoms with Gasteiger partial charge < -0.3 is 11.1 Å². The second-order valence-corrected chi connectivity index (χ2v) is 4.96. The highest BCUT2D eigenvalue weighted by molar-refractivity contribution is 9.10. The summed E-state index contributed by atoms with van der Waals surface area (Å²) in [6, 6.07) is 10.2. The zero-order valence-electron chi connectivity index (χ0n) is 10.2. The smallest absolute Gasteiger partial charge is 0.273 e. The largest absolute Gasteiger partial charge is 0.398 e. The molecule has 0 aromatic heterocycles. The van der Waals surface area contributed by atoms with Gasteiger partial charge in [0.05, 0.1) is 4.92 Å². The Morgan fingerprint density at radius 1 is 1.32 bits per heavy atom. The third kappa shape index (κ3) is 3.03. The summed E-state index contributed by atoms with van der Waals surface area (Å²) in [7, 11) is 0. The summed E-state index contributed by atoms with van der Waals surface area (Å²) in [6.45, 7) is 1.95. The van der Waals surface area contributed by atoms with Gasteiger partial charge in [0.2, 0.25) is 0 Å². The van der Waals surface area contributed by atoms with Crippen LogP contribution in [0.3, 0.4) is 0 Å². The number of benzene rings is 2. The highest BCUT2D eigenvalue weighted by Crippen LogP contribution is 2.29. The van der Waals surface area contributed by atoms with Crippen LogP contribution in [0.25, 0.3) is 0 Å². The van der Waals surface area contributed by atoms with E-state index in [1.807, 2.05) is 25.1 Å². The minimum Gasteiger partial charge on any atom is -0.398 e. The van der Waals surface area contributed by atoms with Gasteiger partial charge >= 0.3 is 0 Å². The van der Waals surface area contributed by atoms with Crippen molar-refractivity contribution in [3.63, 3.8) is 0 Å². The van der Waals surface area contributed by atoms with Gasteiger partial charge in [0.25, 0.3) is 5.69 Å². The van der Waals surface area contributed by atoms with Crippen LogP contribution in [0.4, 0.5) is 22.7 Å². The van der Waals surface area contributed by atoms with E-state index in [4.69, 9.17) is 5.73 Å². The van der Waals surface area contributed by atoms with E-state index in [2.05, 4.69) is 21.2 Å². The number of nitrogens with one attached hydrogen (secondary N) is 1. The summed E-state index contributed by atoms with van der Waals surface area (Å²) < 4.78 is 0.968. The number of hydrogen-bond donors (Lipinski definition) is 2. The Bertz CT molecular complexity index is 644. The Hall–Kier alpha value is -2.08. The summed E-state index contributed by atoms with van der Waals surface area (Å²) >= 11 is 3.44. The normalized spacial score (nSPS) is 10.2. The molecule has 6 heteroatoms. The number of anilines is 3. The average Bonchev–Trinajstić information content (AvgIpc) is 2.34. The van der Waals surface area contributed by atoms with Gasteiger partial charge in [0.15, 0.2) is 0 Å². The summed E-state index contributed by atoms with van der Waals surface area (Å²) in [5.74, 6) is 0. The second kappa shape index (κ2) is 5.27. The molecule has 0 fully saturated rings. The molecule has 3 N–H and O–H groups in total. The highest BCUT2D eigenvalue weighted by Gasteiger charge is 2.09. The lowest BCUT2D eigenvalue weighted by atomic mass is 10.2. The Morgan fingerprint density at radius 3 is 2.74 bits per heavy atom. The van der Waals surface area contributed by atoms with E-state index in [0.717, 1.165) is 15.7 Å². The summed E-state index contributed by atoms with van der Waals surface area (Å²) in [5, 5.41) is 13.9. The van der Waals surface area contributed by atoms with Crippen LogP contribution < -0.4 is 11.1 Å². The number of nitro benzene ring substituents is 1. The SMILES string of the molecule is Cc1c(Br)cccc1Nc1cc(N)cc([N+](=O)[O-])c1. The van der Waals surface area contributed by atoms with Crippen molar-refractivity contribution in [3.8, 4) is 0 Å². The molecule has 0 heterocycles. The number of halogens is 1. The van der Waals surface area contributed by atoms with Crippen molar-refractivity contribution in [1.82, 2.24) is 0 Å². The van der Waals surface area contributed by atoms with Crippen molar-refractivity contribution >= 4 is 38.7 Å². The standard InChI is InChI=1S/C13H12BrN3O2/c1-8-12(14)3-2-4-13(8)16-10-5-9(15)6-11(7-10)17(18)19/h2-7,16H,15H2,1H3. The van der Waals surface area contributed by atoms with Crippen molar-refractivity contribution in [2.75, 3.05) is 11.1 Å². The molecule has 5 nitrogen and oxygen atoms in total. The minimum absolute atomic E-state index is 0.0323. The van der Waals surface area contributed by atoms with E-state index >= 15 is 0 Å². The molecule has 2 aromatic rings. The third-order valence-corrected chi connectivity index (χ3v) is 3.56.